The molecule has 0 saturated carbocycles. The molecule has 0 unspecified atom stereocenters. The van der Waals surface area contributed by atoms with Crippen LogP contribution in [0.15, 0.2) is 11.6 Å². The minimum absolute atomic E-state index is 0. The van der Waals surface area contributed by atoms with Crippen LogP contribution in [0.5, 0.6) is 0 Å². The Hall–Kier alpha value is -0.350. The number of carbonyl (C=O) groups is 1. The van der Waals surface area contributed by atoms with Gasteiger partial charge in [-0.15, -0.1) is 17.0 Å². The van der Waals surface area contributed by atoms with Crippen molar-refractivity contribution in [3.05, 3.63) is 11.6 Å². The molecule has 1 aliphatic heterocycles. The number of methoxy groups -OCH3 is 1. The Bertz CT molecular complexity index is 229. The zero-order valence-corrected chi connectivity index (χ0v) is 11.2. The lowest BCUT2D eigenvalue weighted by Gasteiger charge is -2.25. The Balaban J connectivity index is 0.00000196. The van der Waals surface area contributed by atoms with Gasteiger partial charge in [-0.25, -0.2) is 4.79 Å². The lowest BCUT2D eigenvalue weighted by molar-refractivity contribution is -0.136. The zero-order chi connectivity index (χ0) is 10.4. The van der Waals surface area contributed by atoms with Gasteiger partial charge in [0.15, 0.2) is 0 Å². The minimum atomic E-state index is -0.175. The van der Waals surface area contributed by atoms with Crippen LogP contribution in [0.3, 0.4) is 0 Å². The third kappa shape index (κ3) is 4.80. The molecule has 0 N–H and O–H groups in total. The van der Waals surface area contributed by atoms with Crippen molar-refractivity contribution in [3.8, 4) is 0 Å². The van der Waals surface area contributed by atoms with Crippen LogP contribution in [0.1, 0.15) is 26.2 Å². The molecule has 0 radical (unpaired) electrons. The molecular formula is C11H20BrNO2. The topological polar surface area (TPSA) is 29.5 Å². The van der Waals surface area contributed by atoms with Crippen molar-refractivity contribution in [2.75, 3.05) is 26.7 Å². The maximum absolute atomic E-state index is 11.3. The summed E-state index contributed by atoms with van der Waals surface area (Å²) in [4.78, 5) is 13.6. The monoisotopic (exact) mass is 277 g/mol. The zero-order valence-electron chi connectivity index (χ0n) is 9.49. The highest BCUT2D eigenvalue weighted by molar-refractivity contribution is 8.93. The van der Waals surface area contributed by atoms with Crippen LogP contribution in [0, 0.1) is 0 Å². The first kappa shape index (κ1) is 14.6. The molecule has 0 spiro atoms. The van der Waals surface area contributed by atoms with E-state index in [0.29, 0.717) is 0 Å². The Kier molecular flexibility index (Phi) is 7.70. The van der Waals surface area contributed by atoms with Crippen molar-refractivity contribution >= 4 is 23.0 Å². The van der Waals surface area contributed by atoms with Crippen molar-refractivity contribution in [1.29, 1.82) is 0 Å². The lowest BCUT2D eigenvalue weighted by Crippen LogP contribution is -2.33. The van der Waals surface area contributed by atoms with Gasteiger partial charge in [-0.1, -0.05) is 19.4 Å². The molecule has 1 aliphatic rings. The summed E-state index contributed by atoms with van der Waals surface area (Å²) in [7, 11) is 1.44. The molecule has 0 fully saturated rings. The number of esters is 1. The van der Waals surface area contributed by atoms with E-state index in [1.54, 1.807) is 0 Å². The van der Waals surface area contributed by atoms with Gasteiger partial charge < -0.3 is 4.74 Å². The SMILES string of the molecule is Br.CCCCN1CCC=C(C(=O)OC)C1. The summed E-state index contributed by atoms with van der Waals surface area (Å²) in [6.45, 7) is 5.10. The van der Waals surface area contributed by atoms with Gasteiger partial charge in [-0.05, 0) is 19.4 Å². The molecule has 1 heterocycles. The summed E-state index contributed by atoms with van der Waals surface area (Å²) in [5, 5.41) is 0. The fraction of sp³-hybridized carbons (Fsp3) is 0.727. The molecule has 4 heteroatoms. The number of hydrogen-bond acceptors (Lipinski definition) is 3. The first-order valence-electron chi connectivity index (χ1n) is 5.27. The molecule has 0 aromatic heterocycles. The highest BCUT2D eigenvalue weighted by Gasteiger charge is 2.17. The molecular weight excluding hydrogens is 258 g/mol. The third-order valence-corrected chi connectivity index (χ3v) is 2.51. The van der Waals surface area contributed by atoms with Crippen molar-refractivity contribution in [2.45, 2.75) is 26.2 Å². The van der Waals surface area contributed by atoms with E-state index < -0.39 is 0 Å². The summed E-state index contributed by atoms with van der Waals surface area (Å²) in [6, 6.07) is 0. The molecule has 0 saturated heterocycles. The Morgan fingerprint density at radius 3 is 2.93 bits per heavy atom. The van der Waals surface area contributed by atoms with Crippen LogP contribution in [-0.4, -0.2) is 37.6 Å². The molecule has 3 nitrogen and oxygen atoms in total. The average molecular weight is 278 g/mol. The normalized spacial score (nSPS) is 16.5. The van der Waals surface area contributed by atoms with Crippen molar-refractivity contribution in [1.82, 2.24) is 4.90 Å². The Morgan fingerprint density at radius 2 is 2.33 bits per heavy atom. The highest BCUT2D eigenvalue weighted by Crippen LogP contribution is 2.11. The first-order valence-corrected chi connectivity index (χ1v) is 5.27. The fourth-order valence-corrected chi connectivity index (χ4v) is 1.66. The molecule has 15 heavy (non-hydrogen) atoms. The van der Waals surface area contributed by atoms with Gasteiger partial charge in [0.05, 0.1) is 7.11 Å². The largest absolute Gasteiger partial charge is 0.466 e. The predicted octanol–water partition coefficient (Wildman–Crippen LogP) is 2.17. The fourth-order valence-electron chi connectivity index (χ4n) is 1.66. The van der Waals surface area contributed by atoms with Crippen LogP contribution < -0.4 is 0 Å². The second-order valence-electron chi connectivity index (χ2n) is 3.64. The van der Waals surface area contributed by atoms with E-state index in [-0.39, 0.29) is 23.0 Å². The minimum Gasteiger partial charge on any atom is -0.466 e. The van der Waals surface area contributed by atoms with Crippen molar-refractivity contribution < 1.29 is 9.53 Å². The van der Waals surface area contributed by atoms with Gasteiger partial charge in [-0.2, -0.15) is 0 Å². The molecule has 0 aromatic rings. The van der Waals surface area contributed by atoms with E-state index in [2.05, 4.69) is 11.8 Å². The molecule has 0 atom stereocenters. The molecule has 88 valence electrons. The van der Waals surface area contributed by atoms with E-state index in [0.717, 1.165) is 31.6 Å². The third-order valence-electron chi connectivity index (χ3n) is 2.51. The van der Waals surface area contributed by atoms with E-state index in [1.807, 2.05) is 6.08 Å². The van der Waals surface area contributed by atoms with Gasteiger partial charge in [0.25, 0.3) is 0 Å². The van der Waals surface area contributed by atoms with Gasteiger partial charge in [0.1, 0.15) is 0 Å². The molecule has 0 amide bonds. The molecule has 1 rings (SSSR count). The van der Waals surface area contributed by atoms with Crippen LogP contribution >= 0.6 is 17.0 Å². The highest BCUT2D eigenvalue weighted by atomic mass is 79.9. The van der Waals surface area contributed by atoms with Crippen LogP contribution in [0.25, 0.3) is 0 Å². The number of hydrogen-bond donors (Lipinski definition) is 0. The first-order chi connectivity index (χ1) is 6.77. The average Bonchev–Trinajstić information content (AvgIpc) is 2.25. The summed E-state index contributed by atoms with van der Waals surface area (Å²) < 4.78 is 4.71. The summed E-state index contributed by atoms with van der Waals surface area (Å²) in [6.07, 6.45) is 5.37. The number of halogens is 1. The Labute approximate surface area is 102 Å². The molecule has 0 bridgehead atoms. The number of ether oxygens (including phenoxy) is 1. The molecule has 0 aromatic carbocycles. The van der Waals surface area contributed by atoms with E-state index in [9.17, 15) is 4.79 Å². The van der Waals surface area contributed by atoms with Crippen LogP contribution in [0.4, 0.5) is 0 Å². The summed E-state index contributed by atoms with van der Waals surface area (Å²) in [5.74, 6) is -0.175. The van der Waals surface area contributed by atoms with Gasteiger partial charge in [0.2, 0.25) is 0 Å². The van der Waals surface area contributed by atoms with E-state index in [4.69, 9.17) is 4.74 Å². The summed E-state index contributed by atoms with van der Waals surface area (Å²) in [5.41, 5.74) is 0.815. The number of carbonyl (C=O) groups excluding carboxylic acids is 1. The lowest BCUT2D eigenvalue weighted by atomic mass is 10.1. The van der Waals surface area contributed by atoms with Gasteiger partial charge >= 0.3 is 5.97 Å². The van der Waals surface area contributed by atoms with E-state index in [1.165, 1.54) is 20.0 Å². The smallest absolute Gasteiger partial charge is 0.334 e. The van der Waals surface area contributed by atoms with Crippen molar-refractivity contribution in [3.63, 3.8) is 0 Å². The quantitative estimate of drug-likeness (QED) is 0.738. The maximum atomic E-state index is 11.3. The van der Waals surface area contributed by atoms with E-state index >= 15 is 0 Å². The summed E-state index contributed by atoms with van der Waals surface area (Å²) >= 11 is 0. The Morgan fingerprint density at radius 1 is 1.60 bits per heavy atom. The van der Waals surface area contributed by atoms with Gasteiger partial charge in [-0.3, -0.25) is 4.90 Å². The number of unbranched alkanes of at least 4 members (excludes halogenated alkanes) is 1. The number of nitrogens with zero attached hydrogens (tertiary/aromatic N) is 1. The predicted molar refractivity (Wildman–Crippen MR) is 66.4 cm³/mol. The second-order valence-corrected chi connectivity index (χ2v) is 3.64. The van der Waals surface area contributed by atoms with Crippen LogP contribution in [-0.2, 0) is 9.53 Å². The second kappa shape index (κ2) is 7.88. The standard InChI is InChI=1S/C11H19NO2.BrH/c1-3-4-7-12-8-5-6-10(9-12)11(13)14-2;/h6H,3-5,7-9H2,1-2H3;1H. The van der Waals surface area contributed by atoms with Crippen LogP contribution in [0.2, 0.25) is 0 Å². The van der Waals surface area contributed by atoms with Gasteiger partial charge in [0, 0.05) is 18.7 Å². The molecule has 0 aliphatic carbocycles. The van der Waals surface area contributed by atoms with Crippen molar-refractivity contribution in [2.24, 2.45) is 0 Å². The number of rotatable bonds is 4. The maximum Gasteiger partial charge on any atom is 0.334 e.